The molecule has 1 saturated carbocycles. The van der Waals surface area contributed by atoms with Crippen LogP contribution in [0.1, 0.15) is 45.7 Å². The minimum Gasteiger partial charge on any atom is -0.440 e. The van der Waals surface area contributed by atoms with Crippen LogP contribution in [0.2, 0.25) is 0 Å². The molecular weight excluding hydrogens is 256 g/mol. The summed E-state index contributed by atoms with van der Waals surface area (Å²) in [6.45, 7) is 9.04. The van der Waals surface area contributed by atoms with Crippen LogP contribution in [0.5, 0.6) is 0 Å². The Morgan fingerprint density at radius 2 is 2.11 bits per heavy atom. The summed E-state index contributed by atoms with van der Waals surface area (Å²) in [5, 5.41) is 4.84. The van der Waals surface area contributed by atoms with E-state index < -0.39 is 0 Å². The summed E-state index contributed by atoms with van der Waals surface area (Å²) in [5.74, 6) is 0.783. The molecule has 0 radical (unpaired) electrons. The number of nitrogens with one attached hydrogen (secondary N) is 1. The fraction of sp³-hybridized carbons (Fsp3) is 0.800. The van der Waals surface area contributed by atoms with Gasteiger partial charge >= 0.3 is 0 Å². The maximum atomic E-state index is 5.50. The number of hydrogen-bond acceptors (Lipinski definition) is 4. The summed E-state index contributed by atoms with van der Waals surface area (Å²) in [4.78, 5) is 4.43. The summed E-state index contributed by atoms with van der Waals surface area (Å²) in [6.07, 6.45) is 5.54. The molecule has 4 heteroatoms. The highest BCUT2D eigenvalue weighted by molar-refractivity contribution is 7.99. The van der Waals surface area contributed by atoms with Gasteiger partial charge in [0.2, 0.25) is 0 Å². The number of aromatic nitrogens is 1. The van der Waals surface area contributed by atoms with E-state index in [1.165, 1.54) is 19.3 Å². The predicted molar refractivity (Wildman–Crippen MR) is 80.5 cm³/mol. The van der Waals surface area contributed by atoms with Gasteiger partial charge in [-0.2, -0.15) is 0 Å². The largest absolute Gasteiger partial charge is 0.440 e. The zero-order valence-corrected chi connectivity index (χ0v) is 13.5. The van der Waals surface area contributed by atoms with E-state index in [0.29, 0.717) is 16.7 Å². The molecule has 1 N–H and O–H groups in total. The van der Waals surface area contributed by atoms with Crippen molar-refractivity contribution in [3.63, 3.8) is 0 Å². The van der Waals surface area contributed by atoms with Crippen molar-refractivity contribution in [2.45, 2.75) is 63.5 Å². The van der Waals surface area contributed by atoms with Gasteiger partial charge < -0.3 is 9.73 Å². The Hall–Kier alpha value is -0.480. The highest BCUT2D eigenvalue weighted by Crippen LogP contribution is 2.43. The van der Waals surface area contributed by atoms with Crippen LogP contribution < -0.4 is 5.32 Å². The normalized spacial score (nSPS) is 28.6. The maximum absolute atomic E-state index is 5.50. The van der Waals surface area contributed by atoms with Crippen LogP contribution in [0.4, 0.5) is 0 Å². The quantitative estimate of drug-likeness (QED) is 0.913. The molecule has 0 spiro atoms. The number of nitrogens with zero attached hydrogens (tertiary/aromatic N) is 1. The molecule has 0 aromatic carbocycles. The molecule has 0 saturated heterocycles. The Labute approximate surface area is 120 Å². The highest BCUT2D eigenvalue weighted by atomic mass is 32.2. The number of hydrogen-bond donors (Lipinski definition) is 1. The van der Waals surface area contributed by atoms with E-state index in [0.717, 1.165) is 16.8 Å². The molecule has 1 aromatic heterocycles. The van der Waals surface area contributed by atoms with Gasteiger partial charge in [0.05, 0.1) is 5.69 Å². The van der Waals surface area contributed by atoms with Crippen molar-refractivity contribution in [2.75, 3.05) is 7.05 Å². The van der Waals surface area contributed by atoms with Gasteiger partial charge in [0.15, 0.2) is 0 Å². The Bertz CT molecular complexity index is 411. The van der Waals surface area contributed by atoms with E-state index in [-0.39, 0.29) is 0 Å². The SMILES string of the molecule is CNC1CCC(C(C)(C)C)CC1Sc1nc(C)co1. The van der Waals surface area contributed by atoms with Crippen molar-refractivity contribution in [3.05, 3.63) is 12.0 Å². The smallest absolute Gasteiger partial charge is 0.256 e. The first kappa shape index (κ1) is 14.9. The predicted octanol–water partition coefficient (Wildman–Crippen LogP) is 3.88. The molecule has 3 unspecified atom stereocenters. The first-order valence-corrected chi connectivity index (χ1v) is 8.04. The molecular formula is C15H26N2OS. The monoisotopic (exact) mass is 282 g/mol. The third-order valence-corrected chi connectivity index (χ3v) is 5.45. The maximum Gasteiger partial charge on any atom is 0.256 e. The van der Waals surface area contributed by atoms with Crippen LogP contribution in [-0.4, -0.2) is 23.3 Å². The van der Waals surface area contributed by atoms with E-state index in [1.54, 1.807) is 18.0 Å². The van der Waals surface area contributed by atoms with Gasteiger partial charge in [-0.1, -0.05) is 32.5 Å². The summed E-state index contributed by atoms with van der Waals surface area (Å²) in [5.41, 5.74) is 1.36. The van der Waals surface area contributed by atoms with Gasteiger partial charge in [-0.15, -0.1) is 0 Å². The second-order valence-corrected chi connectivity index (χ2v) is 7.87. The van der Waals surface area contributed by atoms with Gasteiger partial charge in [-0.25, -0.2) is 4.98 Å². The fourth-order valence-corrected chi connectivity index (χ4v) is 4.22. The Morgan fingerprint density at radius 1 is 1.37 bits per heavy atom. The molecule has 1 aliphatic rings. The molecule has 0 bridgehead atoms. The fourth-order valence-electron chi connectivity index (χ4n) is 2.89. The van der Waals surface area contributed by atoms with E-state index in [2.05, 4.69) is 38.1 Å². The lowest BCUT2D eigenvalue weighted by molar-refractivity contribution is 0.166. The molecule has 108 valence electrons. The Morgan fingerprint density at radius 3 is 2.63 bits per heavy atom. The molecule has 19 heavy (non-hydrogen) atoms. The molecule has 0 aliphatic heterocycles. The van der Waals surface area contributed by atoms with Crippen molar-refractivity contribution in [2.24, 2.45) is 11.3 Å². The first-order valence-electron chi connectivity index (χ1n) is 7.16. The third kappa shape index (κ3) is 3.76. The van der Waals surface area contributed by atoms with Gasteiger partial charge in [-0.05, 0) is 44.6 Å². The van der Waals surface area contributed by atoms with Crippen LogP contribution in [0, 0.1) is 18.3 Å². The minimum atomic E-state index is 0.393. The molecule has 0 amide bonds. The van der Waals surface area contributed by atoms with Crippen molar-refractivity contribution in [3.8, 4) is 0 Å². The third-order valence-electron chi connectivity index (χ3n) is 4.24. The highest BCUT2D eigenvalue weighted by Gasteiger charge is 2.36. The molecule has 3 nitrogen and oxygen atoms in total. The lowest BCUT2D eigenvalue weighted by atomic mass is 9.71. The van der Waals surface area contributed by atoms with Gasteiger partial charge in [0.25, 0.3) is 5.22 Å². The Balaban J connectivity index is 2.05. The molecule has 1 heterocycles. The van der Waals surface area contributed by atoms with Crippen molar-refractivity contribution < 1.29 is 4.42 Å². The lowest BCUT2D eigenvalue weighted by Crippen LogP contribution is -2.43. The molecule has 3 atom stereocenters. The van der Waals surface area contributed by atoms with Gasteiger partial charge in [0, 0.05) is 11.3 Å². The molecule has 1 fully saturated rings. The zero-order valence-electron chi connectivity index (χ0n) is 12.7. The van der Waals surface area contributed by atoms with Crippen molar-refractivity contribution in [1.29, 1.82) is 0 Å². The number of rotatable bonds is 3. The first-order chi connectivity index (χ1) is 8.90. The van der Waals surface area contributed by atoms with Gasteiger partial charge in [0.1, 0.15) is 6.26 Å². The van der Waals surface area contributed by atoms with Crippen LogP contribution in [0.25, 0.3) is 0 Å². The Kier molecular flexibility index (Phi) is 4.62. The summed E-state index contributed by atoms with van der Waals surface area (Å²) in [7, 11) is 2.07. The number of oxazole rings is 1. The standard InChI is InChI=1S/C15H26N2OS/c1-10-9-18-14(17-10)19-13-8-11(15(2,3)4)6-7-12(13)16-5/h9,11-13,16H,6-8H2,1-5H3. The average Bonchev–Trinajstić information content (AvgIpc) is 2.73. The topological polar surface area (TPSA) is 38.1 Å². The van der Waals surface area contributed by atoms with Gasteiger partial charge in [-0.3, -0.25) is 0 Å². The van der Waals surface area contributed by atoms with E-state index >= 15 is 0 Å². The second kappa shape index (κ2) is 5.88. The summed E-state index contributed by atoms with van der Waals surface area (Å²) < 4.78 is 5.50. The number of thioether (sulfide) groups is 1. The zero-order chi connectivity index (χ0) is 14.0. The van der Waals surface area contributed by atoms with Crippen LogP contribution in [-0.2, 0) is 0 Å². The molecule has 1 aromatic rings. The molecule has 2 rings (SSSR count). The van der Waals surface area contributed by atoms with E-state index in [1.807, 2.05) is 6.92 Å². The van der Waals surface area contributed by atoms with Crippen LogP contribution in [0.15, 0.2) is 15.9 Å². The summed E-state index contributed by atoms with van der Waals surface area (Å²) in [6, 6.07) is 0.566. The minimum absolute atomic E-state index is 0.393. The average molecular weight is 282 g/mol. The summed E-state index contributed by atoms with van der Waals surface area (Å²) >= 11 is 1.80. The molecule has 1 aliphatic carbocycles. The number of aryl methyl sites for hydroxylation is 1. The second-order valence-electron chi connectivity index (χ2n) is 6.68. The van der Waals surface area contributed by atoms with E-state index in [4.69, 9.17) is 4.42 Å². The van der Waals surface area contributed by atoms with Crippen LogP contribution >= 0.6 is 11.8 Å². The lowest BCUT2D eigenvalue weighted by Gasteiger charge is -2.41. The van der Waals surface area contributed by atoms with E-state index in [9.17, 15) is 0 Å². The van der Waals surface area contributed by atoms with Crippen molar-refractivity contribution >= 4 is 11.8 Å². The van der Waals surface area contributed by atoms with Crippen LogP contribution in [0.3, 0.4) is 0 Å². The van der Waals surface area contributed by atoms with Crippen molar-refractivity contribution in [1.82, 2.24) is 10.3 Å².